The second-order valence-electron chi connectivity index (χ2n) is 6.13. The number of amides is 3. The van der Waals surface area contributed by atoms with Crippen molar-refractivity contribution in [1.29, 1.82) is 0 Å². The van der Waals surface area contributed by atoms with Gasteiger partial charge in [-0.05, 0) is 36.6 Å². The second-order valence-corrected chi connectivity index (χ2v) is 6.13. The summed E-state index contributed by atoms with van der Waals surface area (Å²) >= 11 is 0. The molecule has 5 nitrogen and oxygen atoms in total. The third kappa shape index (κ3) is 3.31. The molecule has 1 atom stereocenters. The van der Waals surface area contributed by atoms with E-state index in [-0.39, 0.29) is 18.5 Å². The SMILES string of the molecule is CCc1ccc(C(C)NC(=O)CN2C(=O)c3ccccc3C2=O)cc1. The van der Waals surface area contributed by atoms with E-state index >= 15 is 0 Å². The molecule has 1 heterocycles. The molecule has 1 aliphatic heterocycles. The Labute approximate surface area is 146 Å². The Morgan fingerprint density at radius 2 is 1.56 bits per heavy atom. The van der Waals surface area contributed by atoms with Gasteiger partial charge in [0.25, 0.3) is 11.8 Å². The molecule has 2 aromatic rings. The fourth-order valence-corrected chi connectivity index (χ4v) is 2.94. The first-order valence-corrected chi connectivity index (χ1v) is 8.34. The fourth-order valence-electron chi connectivity index (χ4n) is 2.94. The molecule has 128 valence electrons. The Balaban J connectivity index is 1.65. The van der Waals surface area contributed by atoms with E-state index in [1.165, 1.54) is 5.56 Å². The minimum absolute atomic E-state index is 0.200. The van der Waals surface area contributed by atoms with E-state index in [0.29, 0.717) is 11.1 Å². The lowest BCUT2D eigenvalue weighted by Crippen LogP contribution is -2.41. The lowest BCUT2D eigenvalue weighted by molar-refractivity contribution is -0.122. The van der Waals surface area contributed by atoms with Crippen LogP contribution in [0.25, 0.3) is 0 Å². The molecule has 0 saturated heterocycles. The highest BCUT2D eigenvalue weighted by atomic mass is 16.2. The van der Waals surface area contributed by atoms with Crippen molar-refractivity contribution in [1.82, 2.24) is 10.2 Å². The van der Waals surface area contributed by atoms with Crippen molar-refractivity contribution < 1.29 is 14.4 Å². The highest BCUT2D eigenvalue weighted by molar-refractivity contribution is 6.22. The predicted molar refractivity (Wildman–Crippen MR) is 94.2 cm³/mol. The molecule has 0 aliphatic carbocycles. The van der Waals surface area contributed by atoms with E-state index in [9.17, 15) is 14.4 Å². The van der Waals surface area contributed by atoms with Crippen molar-refractivity contribution in [2.75, 3.05) is 6.54 Å². The van der Waals surface area contributed by atoms with Crippen molar-refractivity contribution in [3.05, 3.63) is 70.8 Å². The van der Waals surface area contributed by atoms with Crippen molar-refractivity contribution >= 4 is 17.7 Å². The smallest absolute Gasteiger partial charge is 0.262 e. The molecule has 0 bridgehead atoms. The number of nitrogens with one attached hydrogen (secondary N) is 1. The molecule has 1 aliphatic rings. The number of hydrogen-bond donors (Lipinski definition) is 1. The molecular formula is C20H20N2O3. The molecule has 1 unspecified atom stereocenters. The first-order chi connectivity index (χ1) is 12.0. The number of nitrogens with zero attached hydrogens (tertiary/aromatic N) is 1. The number of hydrogen-bond acceptors (Lipinski definition) is 3. The van der Waals surface area contributed by atoms with Gasteiger partial charge in [-0.25, -0.2) is 0 Å². The molecule has 0 spiro atoms. The largest absolute Gasteiger partial charge is 0.348 e. The Hall–Kier alpha value is -2.95. The summed E-state index contributed by atoms with van der Waals surface area (Å²) in [5.41, 5.74) is 2.91. The Morgan fingerprint density at radius 3 is 2.08 bits per heavy atom. The fraction of sp³-hybridized carbons (Fsp3) is 0.250. The summed E-state index contributed by atoms with van der Waals surface area (Å²) in [5, 5.41) is 2.84. The standard InChI is InChI=1S/C20H20N2O3/c1-3-14-8-10-15(11-9-14)13(2)21-18(23)12-22-19(24)16-6-4-5-7-17(16)20(22)25/h4-11,13H,3,12H2,1-2H3,(H,21,23). The Bertz CT molecular complexity index is 792. The van der Waals surface area contributed by atoms with E-state index in [2.05, 4.69) is 12.2 Å². The molecule has 0 saturated carbocycles. The zero-order valence-electron chi connectivity index (χ0n) is 14.3. The van der Waals surface area contributed by atoms with Crippen LogP contribution in [0.15, 0.2) is 48.5 Å². The number of fused-ring (bicyclic) bond motifs is 1. The maximum atomic E-state index is 12.3. The third-order valence-electron chi connectivity index (χ3n) is 4.45. The van der Waals surface area contributed by atoms with Crippen LogP contribution in [-0.4, -0.2) is 29.2 Å². The lowest BCUT2D eigenvalue weighted by Gasteiger charge is -2.18. The lowest BCUT2D eigenvalue weighted by atomic mass is 10.1. The minimum atomic E-state index is -0.421. The van der Waals surface area contributed by atoms with Crippen LogP contribution in [0, 0.1) is 0 Å². The average Bonchev–Trinajstić information content (AvgIpc) is 2.87. The zero-order valence-corrected chi connectivity index (χ0v) is 14.3. The zero-order chi connectivity index (χ0) is 18.0. The van der Waals surface area contributed by atoms with Gasteiger partial charge in [-0.15, -0.1) is 0 Å². The molecule has 3 amide bonds. The maximum Gasteiger partial charge on any atom is 0.262 e. The van der Waals surface area contributed by atoms with Crippen LogP contribution in [-0.2, 0) is 11.2 Å². The minimum Gasteiger partial charge on any atom is -0.348 e. The summed E-state index contributed by atoms with van der Waals surface area (Å²) in [7, 11) is 0. The summed E-state index contributed by atoms with van der Waals surface area (Å²) in [6.45, 7) is 3.69. The summed E-state index contributed by atoms with van der Waals surface area (Å²) in [4.78, 5) is 37.9. The molecule has 1 N–H and O–H groups in total. The second kappa shape index (κ2) is 6.89. The molecule has 5 heteroatoms. The van der Waals surface area contributed by atoms with Crippen molar-refractivity contribution in [2.45, 2.75) is 26.3 Å². The van der Waals surface area contributed by atoms with Gasteiger partial charge in [0.15, 0.2) is 0 Å². The Kier molecular flexibility index (Phi) is 4.65. The van der Waals surface area contributed by atoms with Crippen LogP contribution in [0.1, 0.15) is 51.7 Å². The average molecular weight is 336 g/mol. The molecule has 2 aromatic carbocycles. The van der Waals surface area contributed by atoms with Gasteiger partial charge in [0.2, 0.25) is 5.91 Å². The van der Waals surface area contributed by atoms with Crippen LogP contribution in [0.4, 0.5) is 0 Å². The van der Waals surface area contributed by atoms with Gasteiger partial charge in [-0.1, -0.05) is 43.3 Å². The van der Waals surface area contributed by atoms with Gasteiger partial charge in [-0.3, -0.25) is 19.3 Å². The normalized spacial score (nSPS) is 14.4. The van der Waals surface area contributed by atoms with Gasteiger partial charge in [0, 0.05) is 0 Å². The molecule has 0 aromatic heterocycles. The van der Waals surface area contributed by atoms with Gasteiger partial charge >= 0.3 is 0 Å². The summed E-state index contributed by atoms with van der Waals surface area (Å²) in [5.74, 6) is -1.20. The monoisotopic (exact) mass is 336 g/mol. The Morgan fingerprint density at radius 1 is 1.00 bits per heavy atom. The van der Waals surface area contributed by atoms with Crippen molar-refractivity contribution in [3.8, 4) is 0 Å². The number of carbonyl (C=O) groups excluding carboxylic acids is 3. The number of carbonyl (C=O) groups is 3. The van der Waals surface area contributed by atoms with Gasteiger partial charge in [0.1, 0.15) is 6.54 Å². The maximum absolute atomic E-state index is 12.3. The van der Waals surface area contributed by atoms with Crippen molar-refractivity contribution in [2.24, 2.45) is 0 Å². The van der Waals surface area contributed by atoms with E-state index in [4.69, 9.17) is 0 Å². The number of rotatable bonds is 5. The molecule has 3 rings (SSSR count). The number of aryl methyl sites for hydroxylation is 1. The van der Waals surface area contributed by atoms with Gasteiger partial charge < -0.3 is 5.32 Å². The van der Waals surface area contributed by atoms with Crippen LogP contribution >= 0.6 is 0 Å². The van der Waals surface area contributed by atoms with Gasteiger partial charge in [0.05, 0.1) is 17.2 Å². The van der Waals surface area contributed by atoms with Crippen LogP contribution in [0.3, 0.4) is 0 Å². The van der Waals surface area contributed by atoms with E-state index < -0.39 is 11.8 Å². The molecule has 25 heavy (non-hydrogen) atoms. The number of benzene rings is 2. The van der Waals surface area contributed by atoms with Crippen LogP contribution < -0.4 is 5.32 Å². The first kappa shape index (κ1) is 16.9. The van der Waals surface area contributed by atoms with Crippen LogP contribution in [0.2, 0.25) is 0 Å². The van der Waals surface area contributed by atoms with E-state index in [0.717, 1.165) is 16.9 Å². The van der Waals surface area contributed by atoms with E-state index in [1.54, 1.807) is 24.3 Å². The highest BCUT2D eigenvalue weighted by Crippen LogP contribution is 2.22. The van der Waals surface area contributed by atoms with Gasteiger partial charge in [-0.2, -0.15) is 0 Å². The first-order valence-electron chi connectivity index (χ1n) is 8.34. The quantitative estimate of drug-likeness (QED) is 0.854. The summed E-state index contributed by atoms with van der Waals surface area (Å²) < 4.78 is 0. The molecule has 0 radical (unpaired) electrons. The summed E-state index contributed by atoms with van der Waals surface area (Å²) in [6, 6.07) is 14.4. The third-order valence-corrected chi connectivity index (χ3v) is 4.45. The molecule has 0 fully saturated rings. The highest BCUT2D eigenvalue weighted by Gasteiger charge is 2.36. The topological polar surface area (TPSA) is 66.5 Å². The van der Waals surface area contributed by atoms with E-state index in [1.807, 2.05) is 31.2 Å². The van der Waals surface area contributed by atoms with Crippen molar-refractivity contribution in [3.63, 3.8) is 0 Å². The molecular weight excluding hydrogens is 316 g/mol. The number of imide groups is 1. The predicted octanol–water partition coefficient (Wildman–Crippen LogP) is 2.72. The summed E-state index contributed by atoms with van der Waals surface area (Å²) in [6.07, 6.45) is 0.959. The van der Waals surface area contributed by atoms with Crippen LogP contribution in [0.5, 0.6) is 0 Å².